The minimum absolute atomic E-state index is 0.0350. The van der Waals surface area contributed by atoms with E-state index in [1.807, 2.05) is 0 Å². The Kier molecular flexibility index (Phi) is 5.46. The molecular weight excluding hydrogens is 516 g/mol. The first kappa shape index (κ1) is 22.3. The van der Waals surface area contributed by atoms with Gasteiger partial charge in [-0.25, -0.2) is 14.6 Å². The largest absolute Gasteiger partial charge is 0.434 e. The Morgan fingerprint density at radius 1 is 1.06 bits per heavy atom. The van der Waals surface area contributed by atoms with Crippen molar-refractivity contribution >= 4 is 56.2 Å². The predicted octanol–water partition coefficient (Wildman–Crippen LogP) is 5.04. The Hall–Kier alpha value is -3.55. The normalized spacial score (nSPS) is 11.8. The molecule has 0 spiro atoms. The average molecular weight is 525 g/mol. The SMILES string of the molecule is O=C(Nc1cnc(-n2nccn2)c(Cl)c1)c1cnn(-c2cnc(Cl)c3sccc23)c1C(F)(F)F. The fourth-order valence-corrected chi connectivity index (χ4v) is 4.54. The summed E-state index contributed by atoms with van der Waals surface area (Å²) in [5, 5.41) is 16.3. The molecule has 0 radical (unpaired) electrons. The van der Waals surface area contributed by atoms with E-state index in [2.05, 4.69) is 30.6 Å². The second kappa shape index (κ2) is 8.34. The molecule has 0 saturated carbocycles. The van der Waals surface area contributed by atoms with Crippen molar-refractivity contribution in [2.45, 2.75) is 6.18 Å². The lowest BCUT2D eigenvalue weighted by atomic mass is 10.2. The van der Waals surface area contributed by atoms with Gasteiger partial charge in [-0.3, -0.25) is 4.79 Å². The maximum atomic E-state index is 14.1. The average Bonchev–Trinajstić information content (AvgIpc) is 3.54. The summed E-state index contributed by atoms with van der Waals surface area (Å²) in [7, 11) is 0. The van der Waals surface area contributed by atoms with E-state index in [9.17, 15) is 18.0 Å². The Labute approximate surface area is 201 Å². The molecule has 34 heavy (non-hydrogen) atoms. The maximum absolute atomic E-state index is 14.1. The van der Waals surface area contributed by atoms with E-state index in [0.29, 0.717) is 14.8 Å². The van der Waals surface area contributed by atoms with Crippen LogP contribution in [0.5, 0.6) is 0 Å². The first-order chi connectivity index (χ1) is 16.2. The Balaban J connectivity index is 1.53. The minimum atomic E-state index is -4.91. The van der Waals surface area contributed by atoms with Crippen molar-refractivity contribution in [1.82, 2.24) is 34.7 Å². The molecule has 0 unspecified atom stereocenters. The lowest BCUT2D eigenvalue weighted by Gasteiger charge is -2.14. The van der Waals surface area contributed by atoms with Gasteiger partial charge in [-0.15, -0.1) is 16.1 Å². The van der Waals surface area contributed by atoms with Gasteiger partial charge in [-0.2, -0.15) is 28.5 Å². The first-order valence-corrected chi connectivity index (χ1v) is 10.9. The van der Waals surface area contributed by atoms with Gasteiger partial charge in [-0.05, 0) is 17.5 Å². The smallest absolute Gasteiger partial charge is 0.320 e. The zero-order chi connectivity index (χ0) is 24.0. The van der Waals surface area contributed by atoms with Crippen molar-refractivity contribution in [2.75, 3.05) is 5.32 Å². The van der Waals surface area contributed by atoms with Gasteiger partial charge in [0.1, 0.15) is 5.15 Å². The molecule has 0 aliphatic rings. The highest BCUT2D eigenvalue weighted by atomic mass is 35.5. The molecule has 5 aromatic heterocycles. The summed E-state index contributed by atoms with van der Waals surface area (Å²) in [6.07, 6.45) is 1.16. The van der Waals surface area contributed by atoms with Crippen LogP contribution in [-0.2, 0) is 6.18 Å². The molecule has 172 valence electrons. The molecule has 5 rings (SSSR count). The van der Waals surface area contributed by atoms with E-state index in [-0.39, 0.29) is 27.4 Å². The standard InChI is InChI=1S/C19H9Cl2F3N8OS/c20-12-5-9(6-26-17(12)32-27-2-3-28-32)30-18(33)11-7-29-31(15(11)19(22,23)24)13-8-25-16(21)14-10(13)1-4-34-14/h1-8H,(H,30,33). The van der Waals surface area contributed by atoms with Crippen LogP contribution in [0.1, 0.15) is 16.1 Å². The molecule has 0 aliphatic carbocycles. The van der Waals surface area contributed by atoms with E-state index in [0.717, 1.165) is 11.0 Å². The zero-order valence-electron chi connectivity index (χ0n) is 16.5. The lowest BCUT2D eigenvalue weighted by molar-refractivity contribution is -0.143. The number of nitrogens with zero attached hydrogens (tertiary/aromatic N) is 7. The number of amides is 1. The third-order valence-electron chi connectivity index (χ3n) is 4.63. The number of hydrogen-bond acceptors (Lipinski definition) is 7. The van der Waals surface area contributed by atoms with Crippen LogP contribution < -0.4 is 5.32 Å². The van der Waals surface area contributed by atoms with Gasteiger partial charge in [0.15, 0.2) is 11.5 Å². The summed E-state index contributed by atoms with van der Waals surface area (Å²) in [4.78, 5) is 22.0. The molecule has 0 aliphatic heterocycles. The molecule has 1 amide bonds. The van der Waals surface area contributed by atoms with Crippen LogP contribution in [0.4, 0.5) is 18.9 Å². The van der Waals surface area contributed by atoms with Gasteiger partial charge < -0.3 is 5.32 Å². The number of thiophene rings is 1. The van der Waals surface area contributed by atoms with Crippen molar-refractivity contribution in [3.05, 3.63) is 69.9 Å². The number of carbonyl (C=O) groups is 1. The molecule has 0 fully saturated rings. The number of alkyl halides is 3. The number of aromatic nitrogens is 7. The van der Waals surface area contributed by atoms with Gasteiger partial charge in [0.2, 0.25) is 0 Å². The van der Waals surface area contributed by atoms with E-state index >= 15 is 0 Å². The van der Waals surface area contributed by atoms with Gasteiger partial charge in [0.05, 0.1) is 57.6 Å². The summed E-state index contributed by atoms with van der Waals surface area (Å²) in [6.45, 7) is 0. The quantitative estimate of drug-likeness (QED) is 0.330. The molecule has 0 aromatic carbocycles. The van der Waals surface area contributed by atoms with Crippen molar-refractivity contribution < 1.29 is 18.0 Å². The van der Waals surface area contributed by atoms with Gasteiger partial charge in [-0.1, -0.05) is 23.2 Å². The number of halogens is 5. The fourth-order valence-electron chi connectivity index (χ4n) is 3.23. The van der Waals surface area contributed by atoms with Crippen LogP contribution in [0.2, 0.25) is 10.2 Å². The third kappa shape index (κ3) is 3.87. The second-order valence-electron chi connectivity index (χ2n) is 6.72. The van der Waals surface area contributed by atoms with Crippen LogP contribution in [0.25, 0.3) is 21.6 Å². The Morgan fingerprint density at radius 3 is 2.53 bits per heavy atom. The number of pyridine rings is 2. The third-order valence-corrected chi connectivity index (χ3v) is 6.22. The highest BCUT2D eigenvalue weighted by Crippen LogP contribution is 2.37. The lowest BCUT2D eigenvalue weighted by Crippen LogP contribution is -2.21. The van der Waals surface area contributed by atoms with Crippen LogP contribution in [0.3, 0.4) is 0 Å². The van der Waals surface area contributed by atoms with E-state index < -0.39 is 23.3 Å². The predicted molar refractivity (Wildman–Crippen MR) is 119 cm³/mol. The van der Waals surface area contributed by atoms with E-state index in [1.54, 1.807) is 11.4 Å². The zero-order valence-corrected chi connectivity index (χ0v) is 18.8. The molecule has 5 aromatic rings. The maximum Gasteiger partial charge on any atom is 0.434 e. The number of carbonyl (C=O) groups excluding carboxylic acids is 1. The number of nitrogens with one attached hydrogen (secondary N) is 1. The van der Waals surface area contributed by atoms with Crippen LogP contribution >= 0.6 is 34.5 Å². The van der Waals surface area contributed by atoms with Gasteiger partial charge in [0.25, 0.3) is 5.91 Å². The Morgan fingerprint density at radius 2 is 1.82 bits per heavy atom. The number of hydrogen-bond donors (Lipinski definition) is 1. The molecule has 1 N–H and O–H groups in total. The molecule has 0 atom stereocenters. The van der Waals surface area contributed by atoms with Gasteiger partial charge >= 0.3 is 6.18 Å². The minimum Gasteiger partial charge on any atom is -0.320 e. The molecule has 0 saturated heterocycles. The van der Waals surface area contributed by atoms with E-state index in [1.165, 1.54) is 42.2 Å². The highest BCUT2D eigenvalue weighted by Gasteiger charge is 2.41. The molecule has 0 bridgehead atoms. The van der Waals surface area contributed by atoms with Crippen molar-refractivity contribution in [2.24, 2.45) is 0 Å². The van der Waals surface area contributed by atoms with Crippen LogP contribution in [0, 0.1) is 0 Å². The van der Waals surface area contributed by atoms with Gasteiger partial charge in [0, 0.05) is 5.39 Å². The van der Waals surface area contributed by atoms with Crippen LogP contribution in [-0.4, -0.2) is 40.6 Å². The summed E-state index contributed by atoms with van der Waals surface area (Å²) >= 11 is 13.4. The highest BCUT2D eigenvalue weighted by molar-refractivity contribution is 7.17. The summed E-state index contributed by atoms with van der Waals surface area (Å²) in [5.74, 6) is -0.867. The van der Waals surface area contributed by atoms with Crippen molar-refractivity contribution in [3.63, 3.8) is 0 Å². The van der Waals surface area contributed by atoms with Crippen molar-refractivity contribution in [3.8, 4) is 11.5 Å². The van der Waals surface area contributed by atoms with Crippen LogP contribution in [0.15, 0.2) is 48.5 Å². The van der Waals surface area contributed by atoms with Crippen molar-refractivity contribution in [1.29, 1.82) is 0 Å². The number of rotatable bonds is 4. The number of anilines is 1. The molecule has 15 heteroatoms. The second-order valence-corrected chi connectivity index (χ2v) is 8.40. The molecular formula is C19H9Cl2F3N8OS. The summed E-state index contributed by atoms with van der Waals surface area (Å²) in [6, 6.07) is 2.93. The monoisotopic (exact) mass is 524 g/mol. The molecule has 9 nitrogen and oxygen atoms in total. The summed E-state index contributed by atoms with van der Waals surface area (Å²) < 4.78 is 43.3. The summed E-state index contributed by atoms with van der Waals surface area (Å²) in [5.41, 5.74) is -1.86. The number of fused-ring (bicyclic) bond motifs is 1. The fraction of sp³-hybridized carbons (Fsp3) is 0.0526. The first-order valence-electron chi connectivity index (χ1n) is 9.25. The Bertz CT molecular complexity index is 1530. The molecule has 5 heterocycles. The topological polar surface area (TPSA) is 103 Å². The van der Waals surface area contributed by atoms with E-state index in [4.69, 9.17) is 23.2 Å².